The maximum Gasteiger partial charge on any atom is 0.229 e. The van der Waals surface area contributed by atoms with Gasteiger partial charge in [0.25, 0.3) is 0 Å². The molecule has 8 nitrogen and oxygen atoms in total. The van der Waals surface area contributed by atoms with Crippen molar-refractivity contribution < 1.29 is 26.7 Å². The van der Waals surface area contributed by atoms with Crippen LogP contribution in [0, 0.1) is 12.7 Å². The molecule has 180 valence electrons. The van der Waals surface area contributed by atoms with Gasteiger partial charge in [-0.25, -0.2) is 22.2 Å². The number of pyridine rings is 1. The molecule has 2 heterocycles. The number of hydrogen-bond acceptors (Lipinski definition) is 6. The van der Waals surface area contributed by atoms with Crippen molar-refractivity contribution in [2.45, 2.75) is 33.0 Å². The standard InChI is InChI=1S/C22H28F2N4O4S/c1-15-11-16(12-19(24)21(15)27-33(2,30)31)14-25-20(29)6-4-17-3-5-18(13-23)26-22(17)28-7-9-32-10-8-28/h3,5,11-12,27H,4,6-10,13-14H2,1-2H3,(H,25,29). The zero-order valence-corrected chi connectivity index (χ0v) is 19.5. The van der Waals surface area contributed by atoms with Crippen LogP contribution in [0.1, 0.15) is 28.8 Å². The molecule has 1 aromatic carbocycles. The minimum absolute atomic E-state index is 0.102. The largest absolute Gasteiger partial charge is 0.378 e. The van der Waals surface area contributed by atoms with Gasteiger partial charge < -0.3 is 15.0 Å². The van der Waals surface area contributed by atoms with Gasteiger partial charge in [-0.15, -0.1) is 0 Å². The Morgan fingerprint density at radius 3 is 2.61 bits per heavy atom. The van der Waals surface area contributed by atoms with E-state index in [1.165, 1.54) is 6.07 Å². The summed E-state index contributed by atoms with van der Waals surface area (Å²) in [5, 5.41) is 2.75. The third kappa shape index (κ3) is 7.10. The Labute approximate surface area is 192 Å². The maximum atomic E-state index is 14.3. The van der Waals surface area contributed by atoms with Crippen molar-refractivity contribution >= 4 is 27.4 Å². The van der Waals surface area contributed by atoms with Crippen LogP contribution in [-0.4, -0.2) is 51.9 Å². The third-order valence-corrected chi connectivity index (χ3v) is 5.78. The minimum Gasteiger partial charge on any atom is -0.378 e. The monoisotopic (exact) mass is 482 g/mol. The summed E-state index contributed by atoms with van der Waals surface area (Å²) < 4.78 is 57.7. The highest BCUT2D eigenvalue weighted by molar-refractivity contribution is 7.92. The van der Waals surface area contributed by atoms with Gasteiger partial charge >= 0.3 is 0 Å². The van der Waals surface area contributed by atoms with Gasteiger partial charge in [0.2, 0.25) is 15.9 Å². The van der Waals surface area contributed by atoms with Crippen LogP contribution in [0.25, 0.3) is 0 Å². The number of carbonyl (C=O) groups is 1. The van der Waals surface area contributed by atoms with Crippen LogP contribution in [0.3, 0.4) is 0 Å². The quantitative estimate of drug-likeness (QED) is 0.570. The molecule has 0 radical (unpaired) electrons. The molecule has 1 fully saturated rings. The fraction of sp³-hybridized carbons (Fsp3) is 0.455. The molecule has 11 heteroatoms. The minimum atomic E-state index is -3.61. The summed E-state index contributed by atoms with van der Waals surface area (Å²) in [6.45, 7) is 3.46. The molecular weight excluding hydrogens is 454 g/mol. The molecule has 1 amide bonds. The second-order valence-corrected chi connectivity index (χ2v) is 9.69. The van der Waals surface area contributed by atoms with Crippen molar-refractivity contribution in [2.24, 2.45) is 0 Å². The Hall–Kier alpha value is -2.79. The van der Waals surface area contributed by atoms with Crippen molar-refractivity contribution in [3.05, 3.63) is 52.5 Å². The highest BCUT2D eigenvalue weighted by atomic mass is 32.2. The van der Waals surface area contributed by atoms with E-state index in [0.717, 1.165) is 11.8 Å². The Kier molecular flexibility index (Phi) is 8.20. The number of rotatable bonds is 9. The van der Waals surface area contributed by atoms with E-state index < -0.39 is 22.5 Å². The lowest BCUT2D eigenvalue weighted by Crippen LogP contribution is -2.37. The summed E-state index contributed by atoms with van der Waals surface area (Å²) in [7, 11) is -3.61. The van der Waals surface area contributed by atoms with Crippen LogP contribution in [-0.2, 0) is 39.2 Å². The lowest BCUT2D eigenvalue weighted by atomic mass is 10.1. The Morgan fingerprint density at radius 2 is 1.97 bits per heavy atom. The van der Waals surface area contributed by atoms with E-state index >= 15 is 0 Å². The lowest BCUT2D eigenvalue weighted by Gasteiger charge is -2.29. The first-order chi connectivity index (χ1) is 15.7. The molecule has 1 aliphatic rings. The number of nitrogens with one attached hydrogen (secondary N) is 2. The summed E-state index contributed by atoms with van der Waals surface area (Å²) in [5.74, 6) is -0.263. The summed E-state index contributed by atoms with van der Waals surface area (Å²) in [5.41, 5.74) is 2.02. The molecule has 2 aromatic rings. The average Bonchev–Trinajstić information content (AvgIpc) is 2.78. The number of amides is 1. The van der Waals surface area contributed by atoms with Crippen LogP contribution in [0.2, 0.25) is 0 Å². The molecule has 0 saturated carbocycles. The number of nitrogens with zero attached hydrogens (tertiary/aromatic N) is 2. The molecule has 1 aromatic heterocycles. The van der Waals surface area contributed by atoms with E-state index in [1.807, 2.05) is 4.90 Å². The first-order valence-corrected chi connectivity index (χ1v) is 12.5. The van der Waals surface area contributed by atoms with Crippen LogP contribution in [0.5, 0.6) is 0 Å². The molecule has 1 saturated heterocycles. The van der Waals surface area contributed by atoms with Crippen molar-refractivity contribution in [1.82, 2.24) is 10.3 Å². The van der Waals surface area contributed by atoms with E-state index in [2.05, 4.69) is 15.0 Å². The second kappa shape index (κ2) is 10.9. The van der Waals surface area contributed by atoms with Gasteiger partial charge in [0.1, 0.15) is 18.3 Å². The fourth-order valence-corrected chi connectivity index (χ4v) is 4.23. The van der Waals surface area contributed by atoms with Gasteiger partial charge in [-0.1, -0.05) is 12.1 Å². The van der Waals surface area contributed by atoms with Crippen molar-refractivity contribution in [3.63, 3.8) is 0 Å². The number of aryl methyl sites for hydroxylation is 2. The molecule has 0 bridgehead atoms. The molecule has 0 aliphatic carbocycles. The molecular formula is C22H28F2N4O4S. The second-order valence-electron chi connectivity index (χ2n) is 7.94. The summed E-state index contributed by atoms with van der Waals surface area (Å²) in [6.07, 6.45) is 1.55. The number of halogens is 2. The van der Waals surface area contributed by atoms with Gasteiger partial charge in [0, 0.05) is 26.1 Å². The Balaban J connectivity index is 1.61. The lowest BCUT2D eigenvalue weighted by molar-refractivity contribution is -0.121. The molecule has 0 spiro atoms. The van der Waals surface area contributed by atoms with E-state index in [4.69, 9.17) is 4.74 Å². The summed E-state index contributed by atoms with van der Waals surface area (Å²) in [6, 6.07) is 6.23. The normalized spacial score (nSPS) is 14.2. The topological polar surface area (TPSA) is 101 Å². The van der Waals surface area contributed by atoms with Crippen molar-refractivity contribution in [2.75, 3.05) is 42.2 Å². The van der Waals surface area contributed by atoms with Gasteiger partial charge in [0.15, 0.2) is 0 Å². The number of hydrogen-bond donors (Lipinski definition) is 2. The van der Waals surface area contributed by atoms with Crippen molar-refractivity contribution in [3.8, 4) is 0 Å². The number of ether oxygens (including phenoxy) is 1. The molecule has 2 N–H and O–H groups in total. The summed E-state index contributed by atoms with van der Waals surface area (Å²) in [4.78, 5) is 18.9. The molecule has 1 aliphatic heterocycles. The van der Waals surface area contributed by atoms with E-state index in [0.29, 0.717) is 55.4 Å². The van der Waals surface area contributed by atoms with Gasteiger partial charge in [-0.2, -0.15) is 0 Å². The van der Waals surface area contributed by atoms with Crippen LogP contribution in [0.15, 0.2) is 24.3 Å². The molecule has 33 heavy (non-hydrogen) atoms. The molecule has 0 atom stereocenters. The first-order valence-electron chi connectivity index (χ1n) is 10.6. The van der Waals surface area contributed by atoms with Crippen LogP contribution < -0.4 is 14.9 Å². The number of sulfonamides is 1. The van der Waals surface area contributed by atoms with Crippen molar-refractivity contribution in [1.29, 1.82) is 0 Å². The molecule has 3 rings (SSSR count). The smallest absolute Gasteiger partial charge is 0.229 e. The number of anilines is 2. The zero-order valence-electron chi connectivity index (χ0n) is 18.7. The summed E-state index contributed by atoms with van der Waals surface area (Å²) >= 11 is 0. The van der Waals surface area contributed by atoms with Gasteiger partial charge in [0.05, 0.1) is 30.9 Å². The highest BCUT2D eigenvalue weighted by Gasteiger charge is 2.18. The first kappa shape index (κ1) is 24.8. The number of benzene rings is 1. The van der Waals surface area contributed by atoms with E-state index in [9.17, 15) is 22.0 Å². The van der Waals surface area contributed by atoms with Crippen LogP contribution >= 0.6 is 0 Å². The van der Waals surface area contributed by atoms with Gasteiger partial charge in [-0.3, -0.25) is 9.52 Å². The Morgan fingerprint density at radius 1 is 1.24 bits per heavy atom. The fourth-order valence-electron chi connectivity index (χ4n) is 3.60. The van der Waals surface area contributed by atoms with Gasteiger partial charge in [-0.05, 0) is 42.2 Å². The predicted octanol–water partition coefficient (Wildman–Crippen LogP) is 2.46. The number of aromatic nitrogens is 1. The number of morpholine rings is 1. The maximum absolute atomic E-state index is 14.3. The van der Waals surface area contributed by atoms with E-state index in [1.54, 1.807) is 25.1 Å². The SMILES string of the molecule is Cc1cc(CNC(=O)CCc2ccc(CF)nc2N2CCOCC2)cc(F)c1NS(C)(=O)=O. The van der Waals surface area contributed by atoms with E-state index in [-0.39, 0.29) is 24.6 Å². The highest BCUT2D eigenvalue weighted by Crippen LogP contribution is 2.23. The zero-order chi connectivity index (χ0) is 24.0. The average molecular weight is 483 g/mol. The number of alkyl halides is 1. The van der Waals surface area contributed by atoms with Crippen LogP contribution in [0.4, 0.5) is 20.3 Å². The molecule has 0 unspecified atom stereocenters. The predicted molar refractivity (Wildman–Crippen MR) is 122 cm³/mol. The Bertz CT molecular complexity index is 1080. The number of carbonyl (C=O) groups excluding carboxylic acids is 1. The third-order valence-electron chi connectivity index (χ3n) is 5.21.